The number of imide groups is 1. The van der Waals surface area contributed by atoms with Crippen molar-refractivity contribution in [3.05, 3.63) is 41.3 Å². The lowest BCUT2D eigenvalue weighted by Gasteiger charge is -2.29. The van der Waals surface area contributed by atoms with E-state index in [9.17, 15) is 22.8 Å². The molecule has 0 aliphatic carbocycles. The van der Waals surface area contributed by atoms with Gasteiger partial charge in [-0.1, -0.05) is 12.6 Å². The van der Waals surface area contributed by atoms with Gasteiger partial charge in [0, 0.05) is 23.9 Å². The van der Waals surface area contributed by atoms with Gasteiger partial charge in [-0.3, -0.25) is 19.7 Å². The molecule has 3 amide bonds. The van der Waals surface area contributed by atoms with Crippen LogP contribution in [-0.4, -0.2) is 37.1 Å². The molecule has 1 unspecified atom stereocenters. The van der Waals surface area contributed by atoms with E-state index in [-0.39, 0.29) is 35.8 Å². The third-order valence-electron chi connectivity index (χ3n) is 4.05. The van der Waals surface area contributed by atoms with Gasteiger partial charge in [0.25, 0.3) is 5.91 Å². The van der Waals surface area contributed by atoms with Gasteiger partial charge in [0.1, 0.15) is 6.04 Å². The minimum Gasteiger partial charge on any atom is -0.322 e. The van der Waals surface area contributed by atoms with Crippen molar-refractivity contribution in [2.45, 2.75) is 30.3 Å². The van der Waals surface area contributed by atoms with Gasteiger partial charge in [0.15, 0.2) is 9.84 Å². The fourth-order valence-corrected chi connectivity index (χ4v) is 3.54. The number of carbonyl (C=O) groups is 3. The van der Waals surface area contributed by atoms with Crippen molar-refractivity contribution in [1.82, 2.24) is 10.2 Å². The minimum atomic E-state index is -3.63. The molecule has 1 aromatic carbocycles. The van der Waals surface area contributed by atoms with Crippen LogP contribution in [0.3, 0.4) is 0 Å². The molecular weight excluding hydrogens is 320 g/mol. The Morgan fingerprint density at radius 1 is 1.26 bits per heavy atom. The van der Waals surface area contributed by atoms with Crippen LogP contribution in [0, 0.1) is 0 Å². The first-order valence-electron chi connectivity index (χ1n) is 6.98. The maximum Gasteiger partial charge on any atom is 0.255 e. The molecule has 1 aromatic rings. The zero-order chi connectivity index (χ0) is 16.8. The zero-order valence-corrected chi connectivity index (χ0v) is 12.9. The Hall–Kier alpha value is -2.48. The van der Waals surface area contributed by atoms with Crippen molar-refractivity contribution in [3.63, 3.8) is 0 Å². The lowest BCUT2D eigenvalue weighted by Crippen LogP contribution is -2.52. The monoisotopic (exact) mass is 334 g/mol. The molecule has 2 heterocycles. The Morgan fingerprint density at radius 3 is 2.65 bits per heavy atom. The molecule has 1 fully saturated rings. The van der Waals surface area contributed by atoms with Crippen LogP contribution in [0.1, 0.15) is 28.8 Å². The van der Waals surface area contributed by atoms with Crippen molar-refractivity contribution in [2.24, 2.45) is 0 Å². The summed E-state index contributed by atoms with van der Waals surface area (Å²) in [5.41, 5.74) is 0.917. The molecule has 120 valence electrons. The molecule has 1 saturated heterocycles. The molecule has 2 aliphatic heterocycles. The molecule has 0 radical (unpaired) electrons. The largest absolute Gasteiger partial charge is 0.322 e. The molecule has 3 rings (SSSR count). The summed E-state index contributed by atoms with van der Waals surface area (Å²) in [5.74, 6) is -1.26. The van der Waals surface area contributed by atoms with Crippen molar-refractivity contribution >= 4 is 27.6 Å². The van der Waals surface area contributed by atoms with E-state index in [4.69, 9.17) is 0 Å². The summed E-state index contributed by atoms with van der Waals surface area (Å²) < 4.78 is 23.7. The summed E-state index contributed by atoms with van der Waals surface area (Å²) in [6, 6.07) is 3.57. The van der Waals surface area contributed by atoms with Crippen molar-refractivity contribution in [3.8, 4) is 0 Å². The number of nitrogens with one attached hydrogen (secondary N) is 1. The highest BCUT2D eigenvalue weighted by Crippen LogP contribution is 2.29. The van der Waals surface area contributed by atoms with Gasteiger partial charge in [-0.25, -0.2) is 8.42 Å². The van der Waals surface area contributed by atoms with Gasteiger partial charge >= 0.3 is 0 Å². The number of hydrogen-bond donors (Lipinski definition) is 1. The van der Waals surface area contributed by atoms with Gasteiger partial charge in [0.05, 0.1) is 4.90 Å². The molecule has 8 heteroatoms. The van der Waals surface area contributed by atoms with Crippen LogP contribution in [0.4, 0.5) is 0 Å². The molecule has 1 atom stereocenters. The summed E-state index contributed by atoms with van der Waals surface area (Å²) in [6.07, 6.45) is 0.439. The number of sulfone groups is 1. The van der Waals surface area contributed by atoms with E-state index >= 15 is 0 Å². The molecule has 1 N–H and O–H groups in total. The Morgan fingerprint density at radius 2 is 2.00 bits per heavy atom. The molecular formula is C15H14N2O5S. The normalized spacial score (nSPS) is 21.1. The summed E-state index contributed by atoms with van der Waals surface area (Å²) in [6.45, 7) is 3.48. The van der Waals surface area contributed by atoms with E-state index in [1.165, 1.54) is 17.0 Å². The summed E-state index contributed by atoms with van der Waals surface area (Å²) in [4.78, 5) is 37.0. The number of benzene rings is 1. The van der Waals surface area contributed by atoms with Crippen molar-refractivity contribution in [2.75, 3.05) is 0 Å². The third kappa shape index (κ3) is 2.55. The Balaban J connectivity index is 1.92. The zero-order valence-electron chi connectivity index (χ0n) is 12.1. The smallest absolute Gasteiger partial charge is 0.255 e. The van der Waals surface area contributed by atoms with Gasteiger partial charge < -0.3 is 4.90 Å². The van der Waals surface area contributed by atoms with Crippen LogP contribution in [-0.2, 0) is 26.0 Å². The highest BCUT2D eigenvalue weighted by atomic mass is 32.2. The number of amides is 3. The first-order valence-corrected chi connectivity index (χ1v) is 8.53. The third-order valence-corrected chi connectivity index (χ3v) is 5.40. The predicted molar refractivity (Wildman–Crippen MR) is 79.9 cm³/mol. The first-order chi connectivity index (χ1) is 10.8. The fourth-order valence-electron chi connectivity index (χ4n) is 2.81. The Labute approximate surface area is 132 Å². The van der Waals surface area contributed by atoms with Crippen LogP contribution in [0.15, 0.2) is 35.1 Å². The maximum absolute atomic E-state index is 12.5. The average molecular weight is 334 g/mol. The van der Waals surface area contributed by atoms with Gasteiger partial charge in [-0.2, -0.15) is 0 Å². The Kier molecular flexibility index (Phi) is 3.56. The van der Waals surface area contributed by atoms with E-state index < -0.39 is 27.7 Å². The fraction of sp³-hybridized carbons (Fsp3) is 0.267. The number of rotatable bonds is 3. The minimum absolute atomic E-state index is 0.00952. The van der Waals surface area contributed by atoms with E-state index in [0.717, 1.165) is 5.41 Å². The highest BCUT2D eigenvalue weighted by Gasteiger charge is 2.39. The second-order valence-corrected chi connectivity index (χ2v) is 7.33. The predicted octanol–water partition coefficient (Wildman–Crippen LogP) is 0.365. The van der Waals surface area contributed by atoms with Gasteiger partial charge in [0.2, 0.25) is 11.8 Å². The molecule has 0 spiro atoms. The number of nitrogens with zero attached hydrogens (tertiary/aromatic N) is 1. The quantitative estimate of drug-likeness (QED) is 0.805. The average Bonchev–Trinajstić information content (AvgIpc) is 2.84. The van der Waals surface area contributed by atoms with Gasteiger partial charge in [-0.15, -0.1) is 0 Å². The molecule has 0 saturated carbocycles. The van der Waals surface area contributed by atoms with Crippen LogP contribution >= 0.6 is 0 Å². The second kappa shape index (κ2) is 5.31. The van der Waals surface area contributed by atoms with E-state index in [1.807, 2.05) is 0 Å². The van der Waals surface area contributed by atoms with Gasteiger partial charge in [-0.05, 0) is 24.1 Å². The molecule has 0 bridgehead atoms. The standard InChI is InChI=1S/C15H14N2O5S/c1-2-23(21,22)10-4-3-9-8-17(15(20)11(9)7-10)12-5-6-13(18)16-14(12)19/h2-4,7,12H,1,5-6,8H2,(H,16,18,19). The molecule has 2 aliphatic rings. The lowest BCUT2D eigenvalue weighted by atomic mass is 10.0. The number of hydrogen-bond acceptors (Lipinski definition) is 5. The molecule has 7 nitrogen and oxygen atoms in total. The number of fused-ring (bicyclic) bond motifs is 1. The molecule has 0 aromatic heterocycles. The summed E-state index contributed by atoms with van der Waals surface area (Å²) in [7, 11) is -3.63. The number of carbonyl (C=O) groups excluding carboxylic acids is 3. The number of piperidine rings is 1. The maximum atomic E-state index is 12.5. The van der Waals surface area contributed by atoms with E-state index in [2.05, 4.69) is 11.9 Å². The van der Waals surface area contributed by atoms with Crippen molar-refractivity contribution in [1.29, 1.82) is 0 Å². The first kappa shape index (κ1) is 15.4. The SMILES string of the molecule is C=CS(=O)(=O)c1ccc2c(c1)C(=O)N(C1CCC(=O)NC1=O)C2. The van der Waals surface area contributed by atoms with Crippen LogP contribution in [0.2, 0.25) is 0 Å². The summed E-state index contributed by atoms with van der Waals surface area (Å²) >= 11 is 0. The molecule has 23 heavy (non-hydrogen) atoms. The van der Waals surface area contributed by atoms with Crippen LogP contribution in [0.25, 0.3) is 0 Å². The topological polar surface area (TPSA) is 101 Å². The van der Waals surface area contributed by atoms with E-state index in [0.29, 0.717) is 5.56 Å². The second-order valence-electron chi connectivity index (χ2n) is 5.43. The van der Waals surface area contributed by atoms with Crippen molar-refractivity contribution < 1.29 is 22.8 Å². The van der Waals surface area contributed by atoms with Crippen LogP contribution in [0.5, 0.6) is 0 Å². The summed E-state index contributed by atoms with van der Waals surface area (Å²) in [5, 5.41) is 3.04. The highest BCUT2D eigenvalue weighted by molar-refractivity contribution is 7.94. The van der Waals surface area contributed by atoms with Crippen LogP contribution < -0.4 is 5.32 Å². The van der Waals surface area contributed by atoms with E-state index in [1.54, 1.807) is 6.07 Å². The Bertz CT molecular complexity index is 843. The lowest BCUT2D eigenvalue weighted by molar-refractivity contribution is -0.136.